The minimum Gasteiger partial charge on any atom is -0.467 e. The molecule has 0 atom stereocenters. The molecule has 1 aromatic carbocycles. The van der Waals surface area contributed by atoms with Gasteiger partial charge in [0.2, 0.25) is 0 Å². The van der Waals surface area contributed by atoms with E-state index in [0.29, 0.717) is 22.8 Å². The highest BCUT2D eigenvalue weighted by Gasteiger charge is 2.07. The second kappa shape index (κ2) is 5.60. The first kappa shape index (κ1) is 12.5. The van der Waals surface area contributed by atoms with E-state index in [2.05, 4.69) is 10.6 Å². The van der Waals surface area contributed by atoms with E-state index in [0.717, 1.165) is 5.76 Å². The van der Waals surface area contributed by atoms with Gasteiger partial charge < -0.3 is 15.1 Å². The zero-order valence-corrected chi connectivity index (χ0v) is 10.6. The van der Waals surface area contributed by atoms with Gasteiger partial charge in [-0.15, -0.1) is 0 Å². The number of benzene rings is 1. The summed E-state index contributed by atoms with van der Waals surface area (Å²) in [5, 5.41) is 6.26. The molecule has 0 spiro atoms. The Labute approximate surface area is 110 Å². The van der Waals surface area contributed by atoms with Crippen LogP contribution < -0.4 is 10.6 Å². The zero-order valence-electron chi connectivity index (χ0n) is 9.87. The second-order valence-corrected chi connectivity index (χ2v) is 4.11. The van der Waals surface area contributed by atoms with E-state index in [1.807, 2.05) is 12.1 Å². The average molecular weight is 265 g/mol. The van der Waals surface area contributed by atoms with Gasteiger partial charge in [-0.25, -0.2) is 0 Å². The average Bonchev–Trinajstić information content (AvgIpc) is 2.90. The third-order valence-electron chi connectivity index (χ3n) is 2.49. The first-order chi connectivity index (χ1) is 8.70. The normalized spacial score (nSPS) is 10.1. The fourth-order valence-corrected chi connectivity index (χ4v) is 1.73. The largest absolute Gasteiger partial charge is 0.467 e. The second-order valence-electron chi connectivity index (χ2n) is 3.71. The molecule has 0 aliphatic rings. The molecule has 1 amide bonds. The molecular weight excluding hydrogens is 252 g/mol. The minimum atomic E-state index is -0.146. The molecule has 4 nitrogen and oxygen atoms in total. The molecule has 0 aliphatic heterocycles. The highest BCUT2D eigenvalue weighted by atomic mass is 35.5. The molecule has 0 saturated heterocycles. The summed E-state index contributed by atoms with van der Waals surface area (Å²) in [6.45, 7) is 0.518. The molecule has 0 unspecified atom stereocenters. The third-order valence-corrected chi connectivity index (χ3v) is 2.82. The first-order valence-electron chi connectivity index (χ1n) is 5.48. The van der Waals surface area contributed by atoms with Crippen LogP contribution in [0.5, 0.6) is 0 Å². The van der Waals surface area contributed by atoms with Crippen LogP contribution in [0, 0.1) is 0 Å². The topological polar surface area (TPSA) is 54.3 Å². The summed E-state index contributed by atoms with van der Waals surface area (Å²) in [7, 11) is 1.59. The lowest BCUT2D eigenvalue weighted by Crippen LogP contribution is -2.17. The number of anilines is 1. The van der Waals surface area contributed by atoms with E-state index in [1.165, 1.54) is 0 Å². The molecule has 94 valence electrons. The Hall–Kier alpha value is -1.94. The summed E-state index contributed by atoms with van der Waals surface area (Å²) in [5.41, 5.74) is 1.26. The standard InChI is InChI=1S/C13H13ClN2O2/c1-15-13(17)9-4-5-11(14)12(7-9)16-8-10-3-2-6-18-10/h2-7,16H,8H2,1H3,(H,15,17). The molecule has 18 heavy (non-hydrogen) atoms. The lowest BCUT2D eigenvalue weighted by atomic mass is 10.2. The van der Waals surface area contributed by atoms with Crippen molar-refractivity contribution >= 4 is 23.2 Å². The minimum absolute atomic E-state index is 0.146. The Kier molecular flexibility index (Phi) is 3.89. The fourth-order valence-electron chi connectivity index (χ4n) is 1.54. The van der Waals surface area contributed by atoms with E-state index >= 15 is 0 Å². The highest BCUT2D eigenvalue weighted by Crippen LogP contribution is 2.23. The van der Waals surface area contributed by atoms with Gasteiger partial charge in [-0.05, 0) is 30.3 Å². The Morgan fingerprint density at radius 3 is 2.89 bits per heavy atom. The van der Waals surface area contributed by atoms with Crippen molar-refractivity contribution in [1.82, 2.24) is 5.32 Å². The van der Waals surface area contributed by atoms with Crippen LogP contribution in [0.3, 0.4) is 0 Å². The number of nitrogens with one attached hydrogen (secondary N) is 2. The number of rotatable bonds is 4. The summed E-state index contributed by atoms with van der Waals surface area (Å²) in [4.78, 5) is 11.5. The lowest BCUT2D eigenvalue weighted by molar-refractivity contribution is 0.0963. The van der Waals surface area contributed by atoms with Crippen LogP contribution in [-0.2, 0) is 6.54 Å². The summed E-state index contributed by atoms with van der Waals surface area (Å²) in [6, 6.07) is 8.77. The smallest absolute Gasteiger partial charge is 0.251 e. The molecule has 2 rings (SSSR count). The van der Waals surface area contributed by atoms with Gasteiger partial charge in [0, 0.05) is 12.6 Å². The summed E-state index contributed by atoms with van der Waals surface area (Å²) < 4.78 is 5.21. The van der Waals surface area contributed by atoms with E-state index in [9.17, 15) is 4.79 Å². The van der Waals surface area contributed by atoms with Crippen molar-refractivity contribution in [3.05, 3.63) is 52.9 Å². The molecule has 0 fully saturated rings. The van der Waals surface area contributed by atoms with Crippen molar-refractivity contribution in [2.45, 2.75) is 6.54 Å². The zero-order chi connectivity index (χ0) is 13.0. The maximum atomic E-state index is 11.5. The predicted molar refractivity (Wildman–Crippen MR) is 70.9 cm³/mol. The Bertz CT molecular complexity index is 538. The van der Waals surface area contributed by atoms with Crippen molar-refractivity contribution < 1.29 is 9.21 Å². The SMILES string of the molecule is CNC(=O)c1ccc(Cl)c(NCc2ccco2)c1. The van der Waals surface area contributed by atoms with E-state index in [4.69, 9.17) is 16.0 Å². The van der Waals surface area contributed by atoms with Gasteiger partial charge >= 0.3 is 0 Å². The number of carbonyl (C=O) groups is 1. The molecule has 0 radical (unpaired) electrons. The Morgan fingerprint density at radius 1 is 1.39 bits per heavy atom. The molecular formula is C13H13ClN2O2. The summed E-state index contributed by atoms with van der Waals surface area (Å²) in [6.07, 6.45) is 1.61. The van der Waals surface area contributed by atoms with Crippen molar-refractivity contribution in [2.75, 3.05) is 12.4 Å². The van der Waals surface area contributed by atoms with Gasteiger partial charge in [0.15, 0.2) is 0 Å². The number of amides is 1. The molecule has 1 heterocycles. The number of hydrogen-bond donors (Lipinski definition) is 2. The molecule has 2 N–H and O–H groups in total. The van der Waals surface area contributed by atoms with Gasteiger partial charge in [0.1, 0.15) is 5.76 Å². The van der Waals surface area contributed by atoms with Crippen LogP contribution in [0.25, 0.3) is 0 Å². The first-order valence-corrected chi connectivity index (χ1v) is 5.86. The number of carbonyl (C=O) groups excluding carboxylic acids is 1. The van der Waals surface area contributed by atoms with Gasteiger partial charge in [-0.1, -0.05) is 11.6 Å². The van der Waals surface area contributed by atoms with Crippen molar-refractivity contribution in [1.29, 1.82) is 0 Å². The number of furan rings is 1. The lowest BCUT2D eigenvalue weighted by Gasteiger charge is -2.08. The highest BCUT2D eigenvalue weighted by molar-refractivity contribution is 6.33. The molecule has 5 heteroatoms. The molecule has 1 aromatic heterocycles. The predicted octanol–water partition coefficient (Wildman–Crippen LogP) is 2.90. The fraction of sp³-hybridized carbons (Fsp3) is 0.154. The van der Waals surface area contributed by atoms with Crippen molar-refractivity contribution in [3.8, 4) is 0 Å². The summed E-state index contributed by atoms with van der Waals surface area (Å²) >= 11 is 6.06. The van der Waals surface area contributed by atoms with Crippen molar-refractivity contribution in [3.63, 3.8) is 0 Å². The summed E-state index contributed by atoms with van der Waals surface area (Å²) in [5.74, 6) is 0.657. The van der Waals surface area contributed by atoms with Crippen LogP contribution in [0.1, 0.15) is 16.1 Å². The van der Waals surface area contributed by atoms with Gasteiger partial charge in [0.05, 0.1) is 23.5 Å². The van der Waals surface area contributed by atoms with Gasteiger partial charge in [0.25, 0.3) is 5.91 Å². The van der Waals surface area contributed by atoms with Crippen LogP contribution >= 0.6 is 11.6 Å². The molecule has 0 aliphatic carbocycles. The monoisotopic (exact) mass is 264 g/mol. The quantitative estimate of drug-likeness (QED) is 0.893. The maximum Gasteiger partial charge on any atom is 0.251 e. The number of hydrogen-bond acceptors (Lipinski definition) is 3. The Balaban J connectivity index is 2.13. The Morgan fingerprint density at radius 2 is 2.22 bits per heavy atom. The molecule has 0 saturated carbocycles. The van der Waals surface area contributed by atoms with Crippen LogP contribution in [-0.4, -0.2) is 13.0 Å². The number of halogens is 1. The molecule has 2 aromatic rings. The van der Waals surface area contributed by atoms with Gasteiger partial charge in [-0.2, -0.15) is 0 Å². The van der Waals surface area contributed by atoms with Crippen LogP contribution in [0.4, 0.5) is 5.69 Å². The van der Waals surface area contributed by atoms with Gasteiger partial charge in [-0.3, -0.25) is 4.79 Å². The molecule has 0 bridgehead atoms. The van der Waals surface area contributed by atoms with E-state index in [1.54, 1.807) is 31.5 Å². The van der Waals surface area contributed by atoms with E-state index < -0.39 is 0 Å². The van der Waals surface area contributed by atoms with Crippen LogP contribution in [0.15, 0.2) is 41.0 Å². The van der Waals surface area contributed by atoms with Crippen LogP contribution in [0.2, 0.25) is 5.02 Å². The third kappa shape index (κ3) is 2.84. The van der Waals surface area contributed by atoms with Crippen molar-refractivity contribution in [2.24, 2.45) is 0 Å². The maximum absolute atomic E-state index is 11.5. The van der Waals surface area contributed by atoms with E-state index in [-0.39, 0.29) is 5.91 Å².